The lowest BCUT2D eigenvalue weighted by atomic mass is 9.61. The van der Waals surface area contributed by atoms with E-state index in [4.69, 9.17) is 0 Å². The quantitative estimate of drug-likeness (QED) is 0.131. The fraction of sp³-hybridized carbons (Fsp3) is 0.240. The largest absolute Gasteiger partial charge is 0.334 e. The lowest BCUT2D eigenvalue weighted by Gasteiger charge is -2.50. The van der Waals surface area contributed by atoms with Crippen LogP contribution in [-0.2, 0) is 10.8 Å². The molecule has 52 heavy (non-hydrogen) atoms. The molecule has 1 nitrogen and oxygen atoms in total. The molecule has 3 aliphatic rings. The number of nitrogens with zero attached hydrogens (tertiary/aromatic N) is 1. The lowest BCUT2D eigenvalue weighted by molar-refractivity contribution is 0.195. The molecule has 2 unspecified atom stereocenters. The molecule has 1 heterocycles. The Hall–Kier alpha value is -4.92. The number of hydrogen-bond donors (Lipinski definition) is 0. The van der Waals surface area contributed by atoms with E-state index in [1.165, 1.54) is 92.0 Å². The summed E-state index contributed by atoms with van der Waals surface area (Å²) >= 11 is 0. The zero-order valence-corrected chi connectivity index (χ0v) is 32.1. The first-order valence-electron chi connectivity index (χ1n) is 19.3. The fourth-order valence-corrected chi connectivity index (χ4v) is 12.0. The minimum absolute atomic E-state index is 0.0148. The van der Waals surface area contributed by atoms with E-state index in [0.717, 1.165) is 0 Å². The summed E-state index contributed by atoms with van der Waals surface area (Å²) in [4.78, 5) is 2.78. The SMILES string of the molecule is CC12CCCCC1(C)N(c1ccc3c(c1)C(c1ccccc1)(c1ccccc1)c1ccc4c(ccc5ccccc54)c1-3)c1ccc([Si](C)(C)C)cc12. The second kappa shape index (κ2) is 11.0. The highest BCUT2D eigenvalue weighted by Crippen LogP contribution is 2.63. The minimum Gasteiger partial charge on any atom is -0.334 e. The summed E-state index contributed by atoms with van der Waals surface area (Å²) in [6.45, 7) is 12.6. The predicted molar refractivity (Wildman–Crippen MR) is 225 cm³/mol. The van der Waals surface area contributed by atoms with Crippen LogP contribution in [0.15, 0.2) is 146 Å². The predicted octanol–water partition coefficient (Wildman–Crippen LogP) is 12.6. The average molecular weight is 690 g/mol. The molecule has 256 valence electrons. The van der Waals surface area contributed by atoms with Gasteiger partial charge in [0.15, 0.2) is 0 Å². The lowest BCUT2D eigenvalue weighted by Crippen LogP contribution is -2.54. The molecule has 0 saturated heterocycles. The summed E-state index contributed by atoms with van der Waals surface area (Å²) in [7, 11) is -1.49. The molecule has 0 radical (unpaired) electrons. The van der Waals surface area contributed by atoms with E-state index in [9.17, 15) is 0 Å². The van der Waals surface area contributed by atoms with Crippen LogP contribution in [0.25, 0.3) is 32.7 Å². The molecule has 7 aromatic rings. The summed E-state index contributed by atoms with van der Waals surface area (Å²) < 4.78 is 0. The summed E-state index contributed by atoms with van der Waals surface area (Å²) in [6, 6.07) is 56.1. The normalized spacial score (nSPS) is 21.5. The van der Waals surface area contributed by atoms with Crippen LogP contribution in [0.4, 0.5) is 11.4 Å². The number of anilines is 2. The van der Waals surface area contributed by atoms with E-state index in [-0.39, 0.29) is 11.0 Å². The molecule has 2 heteroatoms. The van der Waals surface area contributed by atoms with Gasteiger partial charge in [-0.25, -0.2) is 0 Å². The van der Waals surface area contributed by atoms with E-state index in [0.29, 0.717) is 0 Å². The van der Waals surface area contributed by atoms with Gasteiger partial charge in [0, 0.05) is 16.8 Å². The van der Waals surface area contributed by atoms with Crippen molar-refractivity contribution in [3.63, 3.8) is 0 Å². The smallest absolute Gasteiger partial charge is 0.0776 e. The van der Waals surface area contributed by atoms with Crippen molar-refractivity contribution in [2.45, 2.75) is 75.5 Å². The van der Waals surface area contributed by atoms with Gasteiger partial charge in [0.1, 0.15) is 0 Å². The van der Waals surface area contributed by atoms with Crippen LogP contribution >= 0.6 is 0 Å². The van der Waals surface area contributed by atoms with Crippen molar-refractivity contribution in [2.24, 2.45) is 0 Å². The van der Waals surface area contributed by atoms with Crippen LogP contribution in [-0.4, -0.2) is 13.6 Å². The van der Waals surface area contributed by atoms with Gasteiger partial charge in [0.05, 0.1) is 19.0 Å². The molecular weight excluding hydrogens is 643 g/mol. The first-order chi connectivity index (χ1) is 25.2. The minimum atomic E-state index is -1.49. The highest BCUT2D eigenvalue weighted by molar-refractivity contribution is 6.88. The molecule has 7 aromatic carbocycles. The molecule has 1 saturated carbocycles. The van der Waals surface area contributed by atoms with Gasteiger partial charge in [-0.15, -0.1) is 0 Å². The molecule has 0 aromatic heterocycles. The second-order valence-corrected chi connectivity index (χ2v) is 22.3. The zero-order valence-electron chi connectivity index (χ0n) is 31.1. The zero-order chi connectivity index (χ0) is 35.5. The van der Waals surface area contributed by atoms with Crippen LogP contribution in [0.2, 0.25) is 19.6 Å². The van der Waals surface area contributed by atoms with Gasteiger partial charge in [0.2, 0.25) is 0 Å². The first-order valence-corrected chi connectivity index (χ1v) is 22.8. The van der Waals surface area contributed by atoms with Crippen molar-refractivity contribution in [1.29, 1.82) is 0 Å². The highest BCUT2D eigenvalue weighted by atomic mass is 28.3. The van der Waals surface area contributed by atoms with Gasteiger partial charge in [-0.1, -0.05) is 172 Å². The van der Waals surface area contributed by atoms with Gasteiger partial charge in [-0.3, -0.25) is 0 Å². The third-order valence-corrected chi connectivity index (χ3v) is 15.7. The van der Waals surface area contributed by atoms with Crippen molar-refractivity contribution >= 4 is 46.2 Å². The highest BCUT2D eigenvalue weighted by Gasteiger charge is 2.58. The van der Waals surface area contributed by atoms with E-state index >= 15 is 0 Å². The summed E-state index contributed by atoms with van der Waals surface area (Å²) in [5.74, 6) is 0. The standard InChI is InChI=1S/C50H47NSi/c1-48-30-14-15-31-49(48,2)51(46-29-24-38(33-45(46)48)52(3,4)5)37-23-26-42-44(32-37)50(35-17-8-6-9-18-35,36-19-10-7-11-20-36)43-28-27-40-39-21-13-12-16-34(39)22-25-41(40)47(42)43/h6-13,16-29,32-33H,14-15,30-31H2,1-5H3. The number of benzene rings is 7. The van der Waals surface area contributed by atoms with Crippen molar-refractivity contribution in [2.75, 3.05) is 4.90 Å². The monoisotopic (exact) mass is 689 g/mol. The number of rotatable bonds is 4. The number of fused-ring (bicyclic) bond motifs is 10. The molecular formula is C50H47NSi. The maximum atomic E-state index is 2.78. The Balaban J connectivity index is 1.30. The third-order valence-electron chi connectivity index (χ3n) is 13.6. The molecule has 2 atom stereocenters. The van der Waals surface area contributed by atoms with Gasteiger partial charge < -0.3 is 4.90 Å². The van der Waals surface area contributed by atoms with Crippen molar-refractivity contribution in [1.82, 2.24) is 0 Å². The Kier molecular flexibility index (Phi) is 6.75. The Morgan fingerprint density at radius 2 is 1.21 bits per heavy atom. The molecule has 0 N–H and O–H groups in total. The maximum Gasteiger partial charge on any atom is 0.0776 e. The van der Waals surface area contributed by atoms with E-state index in [1.54, 1.807) is 10.8 Å². The van der Waals surface area contributed by atoms with Crippen molar-refractivity contribution in [3.05, 3.63) is 173 Å². The Morgan fingerprint density at radius 1 is 0.538 bits per heavy atom. The maximum absolute atomic E-state index is 2.78. The van der Waals surface area contributed by atoms with Gasteiger partial charge in [-0.05, 0) is 98.5 Å². The molecule has 0 bridgehead atoms. The molecule has 10 rings (SSSR count). The molecule has 1 fully saturated rings. The Morgan fingerprint density at radius 3 is 1.94 bits per heavy atom. The van der Waals surface area contributed by atoms with Gasteiger partial charge in [0.25, 0.3) is 0 Å². The van der Waals surface area contributed by atoms with Crippen LogP contribution < -0.4 is 10.1 Å². The second-order valence-electron chi connectivity index (χ2n) is 17.2. The van der Waals surface area contributed by atoms with Gasteiger partial charge >= 0.3 is 0 Å². The molecule has 1 aliphatic heterocycles. The first kappa shape index (κ1) is 31.8. The molecule has 0 spiro atoms. The Labute approximate surface area is 310 Å². The molecule has 2 aliphatic carbocycles. The summed E-state index contributed by atoms with van der Waals surface area (Å²) in [5.41, 5.74) is 12.0. The van der Waals surface area contributed by atoms with Crippen molar-refractivity contribution in [3.8, 4) is 11.1 Å². The van der Waals surface area contributed by atoms with Crippen LogP contribution in [0, 0.1) is 0 Å². The van der Waals surface area contributed by atoms with Crippen LogP contribution in [0.5, 0.6) is 0 Å². The molecule has 0 amide bonds. The third kappa shape index (κ3) is 4.10. The van der Waals surface area contributed by atoms with Crippen LogP contribution in [0.1, 0.15) is 67.3 Å². The van der Waals surface area contributed by atoms with E-state index in [1.807, 2.05) is 0 Å². The van der Waals surface area contributed by atoms with E-state index < -0.39 is 13.5 Å². The van der Waals surface area contributed by atoms with Crippen molar-refractivity contribution < 1.29 is 0 Å². The van der Waals surface area contributed by atoms with Gasteiger partial charge in [-0.2, -0.15) is 0 Å². The van der Waals surface area contributed by atoms with E-state index in [2.05, 4.69) is 184 Å². The number of hydrogen-bond acceptors (Lipinski definition) is 1. The topological polar surface area (TPSA) is 3.24 Å². The Bertz CT molecular complexity index is 2510. The fourth-order valence-electron chi connectivity index (χ4n) is 10.8. The summed E-state index contributed by atoms with van der Waals surface area (Å²) in [5, 5.41) is 6.82. The van der Waals surface area contributed by atoms with Crippen LogP contribution in [0.3, 0.4) is 0 Å². The summed E-state index contributed by atoms with van der Waals surface area (Å²) in [6.07, 6.45) is 4.99. The average Bonchev–Trinajstić information content (AvgIpc) is 3.58.